The van der Waals surface area contributed by atoms with Crippen molar-refractivity contribution < 1.29 is 14.0 Å². The number of likely N-dealkylation sites (N-methyl/N-ethyl adjacent to an activating group) is 1. The number of aromatic nitrogens is 2. The van der Waals surface area contributed by atoms with Gasteiger partial charge in [0.05, 0.1) is 11.8 Å². The SMILES string of the molecule is CN(C(=O)c1cnc2occc2c1)[C@H](CCNC(=O)c1cccn1C)Cc1ccccc1. The molecule has 1 atom stereocenters. The third-order valence-corrected chi connectivity index (χ3v) is 5.67. The highest BCUT2D eigenvalue weighted by Crippen LogP contribution is 2.18. The lowest BCUT2D eigenvalue weighted by atomic mass is 10.0. The fourth-order valence-corrected chi connectivity index (χ4v) is 3.80. The number of nitrogens with one attached hydrogen (secondary N) is 1. The van der Waals surface area contributed by atoms with E-state index in [2.05, 4.69) is 10.3 Å². The highest BCUT2D eigenvalue weighted by molar-refractivity contribution is 5.96. The third kappa shape index (κ3) is 4.72. The first-order chi connectivity index (χ1) is 15.5. The fraction of sp³-hybridized carbons (Fsp3) is 0.240. The van der Waals surface area contributed by atoms with Gasteiger partial charge in [-0.25, -0.2) is 4.98 Å². The van der Waals surface area contributed by atoms with Crippen LogP contribution in [0.15, 0.2) is 77.7 Å². The molecule has 4 rings (SSSR count). The van der Waals surface area contributed by atoms with Gasteiger partial charge in [-0.2, -0.15) is 0 Å². The van der Waals surface area contributed by atoms with Crippen LogP contribution >= 0.6 is 0 Å². The van der Waals surface area contributed by atoms with E-state index in [-0.39, 0.29) is 17.9 Å². The fourth-order valence-electron chi connectivity index (χ4n) is 3.80. The molecule has 0 bridgehead atoms. The molecule has 0 aliphatic heterocycles. The van der Waals surface area contributed by atoms with Crippen molar-refractivity contribution in [2.45, 2.75) is 18.9 Å². The van der Waals surface area contributed by atoms with Gasteiger partial charge in [-0.15, -0.1) is 0 Å². The van der Waals surface area contributed by atoms with E-state index in [1.54, 1.807) is 47.2 Å². The second-order valence-electron chi connectivity index (χ2n) is 7.85. The van der Waals surface area contributed by atoms with Gasteiger partial charge in [0.2, 0.25) is 5.71 Å². The molecule has 32 heavy (non-hydrogen) atoms. The lowest BCUT2D eigenvalue weighted by molar-refractivity contribution is 0.0722. The molecule has 0 unspecified atom stereocenters. The first-order valence-electron chi connectivity index (χ1n) is 10.6. The first-order valence-corrected chi connectivity index (χ1v) is 10.6. The Hall–Kier alpha value is -3.87. The summed E-state index contributed by atoms with van der Waals surface area (Å²) < 4.78 is 7.06. The van der Waals surface area contributed by atoms with Crippen LogP contribution in [0.1, 0.15) is 32.8 Å². The average Bonchev–Trinajstić information content (AvgIpc) is 3.46. The molecule has 2 amide bonds. The zero-order valence-corrected chi connectivity index (χ0v) is 18.2. The minimum atomic E-state index is -0.125. The highest BCUT2D eigenvalue weighted by atomic mass is 16.3. The maximum absolute atomic E-state index is 13.2. The van der Waals surface area contributed by atoms with Gasteiger partial charge in [0.1, 0.15) is 5.69 Å². The Bertz CT molecular complexity index is 1210. The summed E-state index contributed by atoms with van der Waals surface area (Å²) in [5.74, 6) is -0.241. The van der Waals surface area contributed by atoms with E-state index in [9.17, 15) is 9.59 Å². The van der Waals surface area contributed by atoms with Crippen molar-refractivity contribution in [2.75, 3.05) is 13.6 Å². The van der Waals surface area contributed by atoms with E-state index < -0.39 is 0 Å². The van der Waals surface area contributed by atoms with Gasteiger partial charge < -0.3 is 19.2 Å². The summed E-state index contributed by atoms with van der Waals surface area (Å²) in [6, 6.07) is 17.2. The number of aryl methyl sites for hydroxylation is 1. The zero-order chi connectivity index (χ0) is 22.5. The van der Waals surface area contributed by atoms with Crippen LogP contribution in [-0.4, -0.2) is 45.9 Å². The van der Waals surface area contributed by atoms with E-state index in [4.69, 9.17) is 4.42 Å². The van der Waals surface area contributed by atoms with E-state index in [1.807, 2.05) is 49.6 Å². The van der Waals surface area contributed by atoms with Gasteiger partial charge in [0, 0.05) is 44.5 Å². The lowest BCUT2D eigenvalue weighted by Gasteiger charge is -2.29. The molecule has 3 aromatic heterocycles. The number of fused-ring (bicyclic) bond motifs is 1. The van der Waals surface area contributed by atoms with Crippen molar-refractivity contribution >= 4 is 22.9 Å². The van der Waals surface area contributed by atoms with Crippen LogP contribution in [0.3, 0.4) is 0 Å². The van der Waals surface area contributed by atoms with Crippen molar-refractivity contribution in [2.24, 2.45) is 7.05 Å². The molecule has 0 radical (unpaired) electrons. The Balaban J connectivity index is 1.48. The molecule has 0 spiro atoms. The second-order valence-corrected chi connectivity index (χ2v) is 7.85. The number of nitrogens with zero attached hydrogens (tertiary/aromatic N) is 3. The summed E-state index contributed by atoms with van der Waals surface area (Å²) in [6.07, 6.45) is 6.24. The number of rotatable bonds is 8. The largest absolute Gasteiger partial charge is 0.446 e. The molecule has 0 aliphatic carbocycles. The van der Waals surface area contributed by atoms with Gasteiger partial charge in [-0.3, -0.25) is 9.59 Å². The highest BCUT2D eigenvalue weighted by Gasteiger charge is 2.23. The van der Waals surface area contributed by atoms with Crippen molar-refractivity contribution in [1.29, 1.82) is 0 Å². The summed E-state index contributed by atoms with van der Waals surface area (Å²) in [5, 5.41) is 3.76. The summed E-state index contributed by atoms with van der Waals surface area (Å²) in [7, 11) is 3.64. The van der Waals surface area contributed by atoms with Crippen LogP contribution in [0.2, 0.25) is 0 Å². The molecule has 1 aromatic carbocycles. The van der Waals surface area contributed by atoms with Crippen molar-refractivity contribution in [3.8, 4) is 0 Å². The number of pyridine rings is 1. The van der Waals surface area contributed by atoms with E-state index in [0.29, 0.717) is 36.4 Å². The number of carbonyl (C=O) groups is 2. The standard InChI is InChI=1S/C25H26N4O3/c1-28-13-6-9-22(28)23(30)26-12-10-21(15-18-7-4-3-5-8-18)29(2)25(31)20-16-19-11-14-32-24(19)27-17-20/h3-9,11,13-14,16-17,21H,10,12,15H2,1-2H3,(H,26,30)/t21-/m1/s1. The summed E-state index contributed by atoms with van der Waals surface area (Å²) >= 11 is 0. The quantitative estimate of drug-likeness (QED) is 0.463. The Morgan fingerprint density at radius 3 is 2.72 bits per heavy atom. The molecular weight excluding hydrogens is 404 g/mol. The van der Waals surface area contributed by atoms with Crippen LogP contribution in [0, 0.1) is 0 Å². The van der Waals surface area contributed by atoms with Gasteiger partial charge in [-0.05, 0) is 42.7 Å². The Morgan fingerprint density at radius 2 is 1.97 bits per heavy atom. The molecule has 3 heterocycles. The normalized spacial score (nSPS) is 11.9. The number of hydrogen-bond acceptors (Lipinski definition) is 4. The van der Waals surface area contributed by atoms with Gasteiger partial charge in [-0.1, -0.05) is 30.3 Å². The topological polar surface area (TPSA) is 80.4 Å². The molecule has 7 nitrogen and oxygen atoms in total. The van der Waals surface area contributed by atoms with Crippen LogP contribution in [0.4, 0.5) is 0 Å². The number of benzene rings is 1. The zero-order valence-electron chi connectivity index (χ0n) is 18.2. The predicted molar refractivity (Wildman–Crippen MR) is 122 cm³/mol. The summed E-state index contributed by atoms with van der Waals surface area (Å²) in [4.78, 5) is 31.7. The molecule has 7 heteroatoms. The van der Waals surface area contributed by atoms with Crippen LogP contribution in [0.5, 0.6) is 0 Å². The molecule has 4 aromatic rings. The minimum Gasteiger partial charge on any atom is -0.446 e. The van der Waals surface area contributed by atoms with Crippen molar-refractivity contribution in [1.82, 2.24) is 19.8 Å². The predicted octanol–water partition coefficient (Wildman–Crippen LogP) is 3.67. The average molecular weight is 431 g/mol. The molecule has 164 valence electrons. The van der Waals surface area contributed by atoms with E-state index in [0.717, 1.165) is 10.9 Å². The molecule has 1 N–H and O–H groups in total. The smallest absolute Gasteiger partial charge is 0.267 e. The van der Waals surface area contributed by atoms with Crippen LogP contribution in [0.25, 0.3) is 11.1 Å². The molecule has 0 fully saturated rings. The van der Waals surface area contributed by atoms with Crippen LogP contribution in [-0.2, 0) is 13.5 Å². The monoisotopic (exact) mass is 430 g/mol. The van der Waals surface area contributed by atoms with Crippen molar-refractivity contribution in [3.63, 3.8) is 0 Å². The third-order valence-electron chi connectivity index (χ3n) is 5.67. The maximum atomic E-state index is 13.2. The van der Waals surface area contributed by atoms with E-state index >= 15 is 0 Å². The molecule has 0 aliphatic rings. The molecule has 0 saturated carbocycles. The number of furan rings is 1. The minimum absolute atomic E-state index is 0.0985. The first kappa shape index (κ1) is 21.4. The number of amides is 2. The van der Waals surface area contributed by atoms with Gasteiger partial charge in [0.25, 0.3) is 11.8 Å². The van der Waals surface area contributed by atoms with Crippen molar-refractivity contribution in [3.05, 3.63) is 90.1 Å². The molecule has 0 saturated heterocycles. The Labute approximate surface area is 186 Å². The Morgan fingerprint density at radius 1 is 1.16 bits per heavy atom. The Kier molecular flexibility index (Phi) is 6.35. The molecular formula is C25H26N4O3. The van der Waals surface area contributed by atoms with Crippen LogP contribution < -0.4 is 5.32 Å². The number of carbonyl (C=O) groups excluding carboxylic acids is 2. The number of hydrogen-bond donors (Lipinski definition) is 1. The summed E-state index contributed by atoms with van der Waals surface area (Å²) in [5.41, 5.74) is 2.75. The lowest BCUT2D eigenvalue weighted by Crippen LogP contribution is -2.41. The van der Waals surface area contributed by atoms with Gasteiger partial charge >= 0.3 is 0 Å². The van der Waals surface area contributed by atoms with E-state index in [1.165, 1.54) is 0 Å². The van der Waals surface area contributed by atoms with Gasteiger partial charge in [0.15, 0.2) is 0 Å². The summed E-state index contributed by atoms with van der Waals surface area (Å²) in [6.45, 7) is 0.456. The maximum Gasteiger partial charge on any atom is 0.267 e. The second kappa shape index (κ2) is 9.51.